The highest BCUT2D eigenvalue weighted by Gasteiger charge is 2.62. The Hall–Kier alpha value is -1.15. The summed E-state index contributed by atoms with van der Waals surface area (Å²) in [6.45, 7) is 0. The predicted octanol–water partition coefficient (Wildman–Crippen LogP) is 2.64. The highest BCUT2D eigenvalue weighted by atomic mass is 16.6. The number of hydrogen-bond acceptors (Lipinski definition) is 2. The van der Waals surface area contributed by atoms with Crippen LogP contribution in [0.15, 0.2) is 30.3 Å². The quantitative estimate of drug-likeness (QED) is 0.655. The number of hydrogen-bond donors (Lipinski definition) is 0. The summed E-state index contributed by atoms with van der Waals surface area (Å²) in [6.07, 6.45) is 3.79. The predicted molar refractivity (Wildman–Crippen MR) is 56.5 cm³/mol. The summed E-state index contributed by atoms with van der Waals surface area (Å²) in [5.74, 6) is 0.308. The van der Waals surface area contributed by atoms with Crippen molar-refractivity contribution < 1.29 is 9.53 Å². The van der Waals surface area contributed by atoms with Crippen LogP contribution in [0.1, 0.15) is 37.4 Å². The van der Waals surface area contributed by atoms with E-state index in [1.807, 2.05) is 30.3 Å². The van der Waals surface area contributed by atoms with Gasteiger partial charge in [0.25, 0.3) is 0 Å². The molecule has 1 aromatic carbocycles. The number of epoxide rings is 1. The van der Waals surface area contributed by atoms with E-state index in [-0.39, 0.29) is 6.10 Å². The van der Waals surface area contributed by atoms with Crippen LogP contribution in [0.4, 0.5) is 0 Å². The highest BCUT2D eigenvalue weighted by molar-refractivity contribution is 5.91. The molecule has 1 saturated carbocycles. The lowest BCUT2D eigenvalue weighted by Crippen LogP contribution is -2.28. The van der Waals surface area contributed by atoms with Gasteiger partial charge < -0.3 is 4.74 Å². The topological polar surface area (TPSA) is 29.6 Å². The van der Waals surface area contributed by atoms with Crippen molar-refractivity contribution in [3.63, 3.8) is 0 Å². The average Bonchev–Trinajstić information content (AvgIpc) is 3.00. The lowest BCUT2D eigenvalue weighted by atomic mass is 9.83. The second-order valence-corrected chi connectivity index (χ2v) is 4.43. The van der Waals surface area contributed by atoms with Gasteiger partial charge in [-0.3, -0.25) is 4.79 Å². The molecule has 0 radical (unpaired) electrons. The van der Waals surface area contributed by atoms with Gasteiger partial charge in [-0.05, 0) is 24.8 Å². The van der Waals surface area contributed by atoms with E-state index in [4.69, 9.17) is 4.74 Å². The molecular formula is C13H14O2. The van der Waals surface area contributed by atoms with Crippen LogP contribution in [-0.4, -0.2) is 11.4 Å². The van der Waals surface area contributed by atoms with Crippen LogP contribution < -0.4 is 0 Å². The van der Waals surface area contributed by atoms with E-state index in [1.165, 1.54) is 0 Å². The van der Waals surface area contributed by atoms with Gasteiger partial charge in [0, 0.05) is 6.42 Å². The molecule has 1 saturated heterocycles. The first-order valence-corrected chi connectivity index (χ1v) is 5.59. The third kappa shape index (κ3) is 1.32. The third-order valence-corrected chi connectivity index (χ3v) is 3.47. The molecule has 3 rings (SSSR count). The Morgan fingerprint density at radius 3 is 2.73 bits per heavy atom. The Labute approximate surface area is 89.2 Å². The molecule has 1 spiro atoms. The van der Waals surface area contributed by atoms with Crippen LogP contribution in [0, 0.1) is 0 Å². The van der Waals surface area contributed by atoms with Gasteiger partial charge in [-0.1, -0.05) is 30.3 Å². The molecule has 15 heavy (non-hydrogen) atoms. The molecule has 0 amide bonds. The monoisotopic (exact) mass is 202 g/mol. The van der Waals surface area contributed by atoms with Crippen LogP contribution in [0.3, 0.4) is 0 Å². The summed E-state index contributed by atoms with van der Waals surface area (Å²) in [4.78, 5) is 11.8. The highest BCUT2D eigenvalue weighted by Crippen LogP contribution is 2.55. The van der Waals surface area contributed by atoms with E-state index in [0.29, 0.717) is 12.2 Å². The molecule has 1 aromatic rings. The molecule has 2 heteroatoms. The zero-order chi connectivity index (χ0) is 10.3. The zero-order valence-corrected chi connectivity index (χ0v) is 8.61. The van der Waals surface area contributed by atoms with E-state index < -0.39 is 5.60 Å². The Morgan fingerprint density at radius 2 is 2.00 bits per heavy atom. The van der Waals surface area contributed by atoms with E-state index >= 15 is 0 Å². The number of Topliss-reactive ketones (excluding diaryl/α,β-unsaturated/α-hetero) is 1. The number of benzene rings is 1. The van der Waals surface area contributed by atoms with Crippen molar-refractivity contribution in [2.24, 2.45) is 0 Å². The fourth-order valence-corrected chi connectivity index (χ4v) is 2.57. The summed E-state index contributed by atoms with van der Waals surface area (Å²) in [7, 11) is 0. The number of ketones is 1. The van der Waals surface area contributed by atoms with Crippen LogP contribution in [-0.2, 0) is 9.53 Å². The summed E-state index contributed by atoms with van der Waals surface area (Å²) < 4.78 is 5.69. The molecular weight excluding hydrogens is 188 g/mol. The van der Waals surface area contributed by atoms with Crippen LogP contribution in [0.25, 0.3) is 0 Å². The fourth-order valence-electron chi connectivity index (χ4n) is 2.57. The van der Waals surface area contributed by atoms with E-state index in [1.54, 1.807) is 0 Å². The molecule has 2 atom stereocenters. The summed E-state index contributed by atoms with van der Waals surface area (Å²) in [6, 6.07) is 10.1. The number of carbonyl (C=O) groups excluding carboxylic acids is 1. The minimum Gasteiger partial charge on any atom is -0.353 e. The molecule has 2 nitrogen and oxygen atoms in total. The first kappa shape index (κ1) is 9.10. The van der Waals surface area contributed by atoms with E-state index in [9.17, 15) is 4.79 Å². The SMILES string of the molecule is O=C1CCCC[C@]12O[C@@H]2c1ccccc1. The van der Waals surface area contributed by atoms with E-state index in [2.05, 4.69) is 0 Å². The second-order valence-electron chi connectivity index (χ2n) is 4.43. The van der Waals surface area contributed by atoms with Crippen molar-refractivity contribution in [3.05, 3.63) is 35.9 Å². The molecule has 0 unspecified atom stereocenters. The lowest BCUT2D eigenvalue weighted by Gasteiger charge is -2.16. The van der Waals surface area contributed by atoms with Crippen molar-refractivity contribution >= 4 is 5.78 Å². The van der Waals surface area contributed by atoms with Crippen LogP contribution in [0.5, 0.6) is 0 Å². The van der Waals surface area contributed by atoms with Gasteiger partial charge in [0.05, 0.1) is 0 Å². The molecule has 0 aromatic heterocycles. The number of rotatable bonds is 1. The second kappa shape index (κ2) is 3.17. The number of ether oxygens (including phenoxy) is 1. The van der Waals surface area contributed by atoms with Crippen molar-refractivity contribution in [2.45, 2.75) is 37.4 Å². The van der Waals surface area contributed by atoms with Crippen molar-refractivity contribution in [3.8, 4) is 0 Å². The normalized spacial score (nSPS) is 34.4. The Bertz CT molecular complexity index is 385. The molecule has 1 aliphatic carbocycles. The molecule has 2 aliphatic rings. The fraction of sp³-hybridized carbons (Fsp3) is 0.462. The van der Waals surface area contributed by atoms with Crippen molar-refractivity contribution in [1.29, 1.82) is 0 Å². The number of carbonyl (C=O) groups is 1. The van der Waals surface area contributed by atoms with Gasteiger partial charge in [0.1, 0.15) is 6.10 Å². The van der Waals surface area contributed by atoms with Gasteiger partial charge in [0.2, 0.25) is 0 Å². The van der Waals surface area contributed by atoms with Gasteiger partial charge in [0.15, 0.2) is 11.4 Å². The van der Waals surface area contributed by atoms with Gasteiger partial charge >= 0.3 is 0 Å². The Balaban J connectivity index is 1.85. The Kier molecular flexibility index (Phi) is 1.93. The summed E-state index contributed by atoms with van der Waals surface area (Å²) in [5.41, 5.74) is 0.715. The van der Waals surface area contributed by atoms with Gasteiger partial charge in [-0.2, -0.15) is 0 Å². The molecule has 78 valence electrons. The summed E-state index contributed by atoms with van der Waals surface area (Å²) >= 11 is 0. The minimum absolute atomic E-state index is 0.0338. The molecule has 0 N–H and O–H groups in total. The van der Waals surface area contributed by atoms with Crippen molar-refractivity contribution in [1.82, 2.24) is 0 Å². The lowest BCUT2D eigenvalue weighted by molar-refractivity contribution is -0.125. The first-order valence-electron chi connectivity index (χ1n) is 5.59. The smallest absolute Gasteiger partial charge is 0.167 e. The van der Waals surface area contributed by atoms with Crippen LogP contribution in [0.2, 0.25) is 0 Å². The first-order chi connectivity index (χ1) is 7.33. The molecule has 2 fully saturated rings. The van der Waals surface area contributed by atoms with E-state index in [0.717, 1.165) is 24.8 Å². The summed E-state index contributed by atoms with van der Waals surface area (Å²) in [5, 5.41) is 0. The molecule has 1 aliphatic heterocycles. The van der Waals surface area contributed by atoms with Gasteiger partial charge in [-0.15, -0.1) is 0 Å². The maximum absolute atomic E-state index is 11.8. The maximum atomic E-state index is 11.8. The molecule has 0 bridgehead atoms. The largest absolute Gasteiger partial charge is 0.353 e. The minimum atomic E-state index is -0.431. The standard InChI is InChI=1S/C13H14O2/c14-11-8-4-5-9-13(11)12(15-13)10-6-2-1-3-7-10/h1-3,6-7,12H,4-5,8-9H2/t12-,13+/m1/s1. The third-order valence-electron chi connectivity index (χ3n) is 3.47. The average molecular weight is 202 g/mol. The zero-order valence-electron chi connectivity index (χ0n) is 8.61. The maximum Gasteiger partial charge on any atom is 0.167 e. The van der Waals surface area contributed by atoms with Gasteiger partial charge in [-0.25, -0.2) is 0 Å². The van der Waals surface area contributed by atoms with Crippen molar-refractivity contribution in [2.75, 3.05) is 0 Å². The van der Waals surface area contributed by atoms with Crippen LogP contribution >= 0.6 is 0 Å². The Morgan fingerprint density at radius 1 is 1.20 bits per heavy atom. The molecule has 1 heterocycles.